The van der Waals surface area contributed by atoms with Gasteiger partial charge in [-0.05, 0) is 30.5 Å². The lowest BCUT2D eigenvalue weighted by molar-refractivity contribution is 0.281. The highest BCUT2D eigenvalue weighted by Crippen LogP contribution is 2.26. The van der Waals surface area contributed by atoms with Crippen LogP contribution in [0, 0.1) is 13.8 Å². The van der Waals surface area contributed by atoms with Gasteiger partial charge in [0.2, 0.25) is 0 Å². The average Bonchev–Trinajstić information content (AvgIpc) is 2.25. The third-order valence-electron chi connectivity index (χ3n) is 2.57. The van der Waals surface area contributed by atoms with Crippen molar-refractivity contribution in [1.29, 1.82) is 0 Å². The van der Waals surface area contributed by atoms with Gasteiger partial charge in [-0.1, -0.05) is 32.9 Å². The van der Waals surface area contributed by atoms with Crippen LogP contribution in [0.15, 0.2) is 12.1 Å². The van der Waals surface area contributed by atoms with Gasteiger partial charge in [0.15, 0.2) is 0 Å². The first-order valence-electron chi connectivity index (χ1n) is 6.31. The van der Waals surface area contributed by atoms with Crippen molar-refractivity contribution >= 4 is 11.8 Å². The Morgan fingerprint density at radius 1 is 1.17 bits per heavy atom. The fraction of sp³-hybridized carbons (Fsp3) is 0.600. The number of hydrogen-bond acceptors (Lipinski definition) is 3. The van der Waals surface area contributed by atoms with Gasteiger partial charge in [-0.3, -0.25) is 0 Å². The number of aliphatic hydroxyl groups excluding tert-OH is 1. The number of thioether (sulfide) groups is 1. The molecule has 1 aromatic carbocycles. The van der Waals surface area contributed by atoms with Crippen molar-refractivity contribution in [2.45, 2.75) is 46.0 Å². The Kier molecular flexibility index (Phi) is 5.54. The summed E-state index contributed by atoms with van der Waals surface area (Å²) >= 11 is 1.91. The summed E-state index contributed by atoms with van der Waals surface area (Å²) in [5, 5.41) is 9.14. The minimum absolute atomic E-state index is 0.0852. The molecule has 0 radical (unpaired) electrons. The number of hydrogen-bond donors (Lipinski definition) is 1. The number of aliphatic hydroxyl groups is 1. The smallest absolute Gasteiger partial charge is 0.125 e. The average molecular weight is 268 g/mol. The Morgan fingerprint density at radius 3 is 2.17 bits per heavy atom. The Hall–Kier alpha value is -0.670. The molecule has 0 saturated heterocycles. The van der Waals surface area contributed by atoms with Gasteiger partial charge in [-0.2, -0.15) is 11.8 Å². The van der Waals surface area contributed by atoms with Gasteiger partial charge in [0.05, 0.1) is 13.2 Å². The van der Waals surface area contributed by atoms with Crippen molar-refractivity contribution < 1.29 is 9.84 Å². The Balaban J connectivity index is 2.57. The molecule has 0 fully saturated rings. The Morgan fingerprint density at radius 2 is 1.72 bits per heavy atom. The van der Waals surface area contributed by atoms with Crippen LogP contribution >= 0.6 is 11.8 Å². The van der Waals surface area contributed by atoms with Crippen molar-refractivity contribution in [3.63, 3.8) is 0 Å². The van der Waals surface area contributed by atoms with Crippen LogP contribution in [-0.4, -0.2) is 22.2 Å². The van der Waals surface area contributed by atoms with Crippen LogP contribution in [0.4, 0.5) is 0 Å². The van der Waals surface area contributed by atoms with Gasteiger partial charge >= 0.3 is 0 Å². The Bertz CT molecular complexity index is 371. The molecule has 1 N–H and O–H groups in total. The molecule has 0 bridgehead atoms. The summed E-state index contributed by atoms with van der Waals surface area (Å²) in [6.45, 7) is 11.5. The minimum atomic E-state index is 0.0852. The van der Waals surface area contributed by atoms with Gasteiger partial charge < -0.3 is 9.84 Å². The lowest BCUT2D eigenvalue weighted by Gasteiger charge is -2.18. The zero-order valence-electron chi connectivity index (χ0n) is 12.0. The van der Waals surface area contributed by atoms with E-state index in [4.69, 9.17) is 9.84 Å². The molecular weight excluding hydrogens is 244 g/mol. The van der Waals surface area contributed by atoms with Crippen LogP contribution < -0.4 is 4.74 Å². The molecule has 3 heteroatoms. The summed E-state index contributed by atoms with van der Waals surface area (Å²) in [5.74, 6) is 1.95. The third-order valence-corrected chi connectivity index (χ3v) is 3.80. The van der Waals surface area contributed by atoms with Crippen LogP contribution in [0.1, 0.15) is 37.5 Å². The molecular formula is C15H24O2S. The van der Waals surface area contributed by atoms with E-state index in [9.17, 15) is 0 Å². The van der Waals surface area contributed by atoms with Crippen LogP contribution in [0.25, 0.3) is 0 Å². The molecule has 0 heterocycles. The van der Waals surface area contributed by atoms with E-state index in [-0.39, 0.29) is 11.4 Å². The highest BCUT2D eigenvalue weighted by molar-refractivity contribution is 8.00. The molecule has 1 rings (SSSR count). The maximum absolute atomic E-state index is 9.14. The van der Waals surface area contributed by atoms with Gasteiger partial charge in [0.25, 0.3) is 0 Å². The normalized spacial score (nSPS) is 11.7. The topological polar surface area (TPSA) is 29.5 Å². The van der Waals surface area contributed by atoms with E-state index >= 15 is 0 Å². The molecule has 0 aromatic heterocycles. The fourth-order valence-corrected chi connectivity index (χ4v) is 2.63. The number of aryl methyl sites for hydroxylation is 2. The quantitative estimate of drug-likeness (QED) is 0.826. The summed E-state index contributed by atoms with van der Waals surface area (Å²) in [6, 6.07) is 3.97. The summed E-state index contributed by atoms with van der Waals surface area (Å²) in [6.07, 6.45) is 0. The predicted octanol–water partition coefficient (Wildman–Crippen LogP) is 3.71. The standard InChI is InChI=1S/C15H24O2S/c1-11-8-13(10-16)9-12(2)14(11)17-6-7-18-15(3,4)5/h8-9,16H,6-7,10H2,1-5H3. The first-order chi connectivity index (χ1) is 8.33. The molecule has 1 aromatic rings. The van der Waals surface area contributed by atoms with Gasteiger partial charge in [0.1, 0.15) is 5.75 Å². The molecule has 0 amide bonds. The molecule has 0 aliphatic rings. The predicted molar refractivity (Wildman–Crippen MR) is 79.5 cm³/mol. The summed E-state index contributed by atoms with van der Waals surface area (Å²) in [5.41, 5.74) is 3.14. The van der Waals surface area contributed by atoms with Crippen molar-refractivity contribution in [2.24, 2.45) is 0 Å². The second-order valence-corrected chi connectivity index (χ2v) is 7.45. The molecule has 0 aliphatic carbocycles. The maximum atomic E-state index is 9.14. The molecule has 2 nitrogen and oxygen atoms in total. The van der Waals surface area contributed by atoms with Crippen molar-refractivity contribution in [2.75, 3.05) is 12.4 Å². The molecule has 0 aliphatic heterocycles. The van der Waals surface area contributed by atoms with Gasteiger partial charge in [-0.25, -0.2) is 0 Å². The number of benzene rings is 1. The van der Waals surface area contributed by atoms with Gasteiger partial charge in [-0.15, -0.1) is 0 Å². The van der Waals surface area contributed by atoms with E-state index in [1.54, 1.807) is 0 Å². The lowest BCUT2D eigenvalue weighted by Crippen LogP contribution is -2.12. The molecule has 0 unspecified atom stereocenters. The van der Waals surface area contributed by atoms with Crippen LogP contribution in [0.2, 0.25) is 0 Å². The van der Waals surface area contributed by atoms with Crippen LogP contribution in [0.5, 0.6) is 5.75 Å². The zero-order chi connectivity index (χ0) is 13.8. The van der Waals surface area contributed by atoms with Crippen molar-refractivity contribution in [1.82, 2.24) is 0 Å². The van der Waals surface area contributed by atoms with E-state index in [2.05, 4.69) is 20.8 Å². The number of ether oxygens (including phenoxy) is 1. The first kappa shape index (κ1) is 15.4. The number of rotatable bonds is 5. The van der Waals surface area contributed by atoms with Crippen molar-refractivity contribution in [3.8, 4) is 5.75 Å². The Labute approximate surface area is 115 Å². The first-order valence-corrected chi connectivity index (χ1v) is 7.30. The largest absolute Gasteiger partial charge is 0.492 e. The molecule has 0 spiro atoms. The lowest BCUT2D eigenvalue weighted by atomic mass is 10.1. The van der Waals surface area contributed by atoms with Crippen LogP contribution in [0.3, 0.4) is 0 Å². The van der Waals surface area contributed by atoms with E-state index in [0.29, 0.717) is 0 Å². The fourth-order valence-electron chi connectivity index (χ4n) is 1.85. The second-order valence-electron chi connectivity index (χ2n) is 5.53. The summed E-state index contributed by atoms with van der Waals surface area (Å²) in [4.78, 5) is 0. The molecule has 102 valence electrons. The van der Waals surface area contributed by atoms with E-state index in [0.717, 1.165) is 34.8 Å². The van der Waals surface area contributed by atoms with E-state index in [1.165, 1.54) is 0 Å². The summed E-state index contributed by atoms with van der Waals surface area (Å²) < 4.78 is 6.15. The molecule has 0 saturated carbocycles. The molecule has 0 atom stereocenters. The highest BCUT2D eigenvalue weighted by Gasteiger charge is 2.11. The SMILES string of the molecule is Cc1cc(CO)cc(C)c1OCCSC(C)(C)C. The summed E-state index contributed by atoms with van der Waals surface area (Å²) in [7, 11) is 0. The van der Waals surface area contributed by atoms with E-state index in [1.807, 2.05) is 37.7 Å². The van der Waals surface area contributed by atoms with E-state index < -0.39 is 0 Å². The van der Waals surface area contributed by atoms with Gasteiger partial charge in [0, 0.05) is 10.5 Å². The van der Waals surface area contributed by atoms with Crippen molar-refractivity contribution in [3.05, 3.63) is 28.8 Å². The third kappa shape index (κ3) is 4.91. The maximum Gasteiger partial charge on any atom is 0.125 e. The monoisotopic (exact) mass is 268 g/mol. The highest BCUT2D eigenvalue weighted by atomic mass is 32.2. The van der Waals surface area contributed by atoms with Crippen LogP contribution in [-0.2, 0) is 6.61 Å². The molecule has 18 heavy (non-hydrogen) atoms. The second kappa shape index (κ2) is 6.48. The minimum Gasteiger partial charge on any atom is -0.492 e. The zero-order valence-corrected chi connectivity index (χ0v) is 12.9.